The van der Waals surface area contributed by atoms with Crippen molar-refractivity contribution in [2.45, 2.75) is 31.1 Å². The summed E-state index contributed by atoms with van der Waals surface area (Å²) in [6.45, 7) is 1.19. The summed E-state index contributed by atoms with van der Waals surface area (Å²) in [4.78, 5) is 0. The minimum atomic E-state index is -4.99. The zero-order valence-electron chi connectivity index (χ0n) is 7.01. The van der Waals surface area contributed by atoms with Gasteiger partial charge < -0.3 is 0 Å². The molecule has 0 spiro atoms. The molecule has 0 radical (unpaired) electrons. The van der Waals surface area contributed by atoms with E-state index in [1.54, 1.807) is 0 Å². The highest BCUT2D eigenvalue weighted by molar-refractivity contribution is 6.20. The van der Waals surface area contributed by atoms with Crippen LogP contribution in [0.5, 0.6) is 0 Å². The molecule has 0 saturated carbocycles. The van der Waals surface area contributed by atoms with Crippen LogP contribution in [0.25, 0.3) is 0 Å². The molecule has 0 N–H and O–H groups in total. The normalized spacial score (nSPS) is 17.0. The minimum Gasteiger partial charge on any atom is -0.167 e. The number of halogens is 7. The van der Waals surface area contributed by atoms with Gasteiger partial charge in [0.25, 0.3) is 0 Å². The molecule has 0 aliphatic carbocycles. The molecule has 0 aromatic rings. The highest BCUT2D eigenvalue weighted by Crippen LogP contribution is 2.33. The van der Waals surface area contributed by atoms with E-state index in [1.807, 2.05) is 0 Å². The quantitative estimate of drug-likeness (QED) is 0.388. The van der Waals surface area contributed by atoms with Crippen LogP contribution in [0.1, 0.15) is 13.3 Å². The van der Waals surface area contributed by atoms with Crippen LogP contribution in [-0.2, 0) is 0 Å². The summed E-state index contributed by atoms with van der Waals surface area (Å²) < 4.78 is 71.0. The van der Waals surface area contributed by atoms with Crippen molar-refractivity contribution in [1.82, 2.24) is 0 Å². The number of alkyl halides is 7. The predicted molar refractivity (Wildman–Crippen MR) is 40.1 cm³/mol. The maximum absolute atomic E-state index is 12.0. The van der Waals surface area contributed by atoms with Crippen molar-refractivity contribution in [3.8, 4) is 0 Å². The second-order valence-electron chi connectivity index (χ2n) is 2.69. The Morgan fingerprint density at radius 1 is 1.21 bits per heavy atom. The van der Waals surface area contributed by atoms with Crippen molar-refractivity contribution in [1.29, 1.82) is 0 Å². The monoisotopic (exact) mass is 240 g/mol. The Kier molecular flexibility index (Phi) is 4.30. The fraction of sp³-hybridized carbons (Fsp3) is 0.714. The Labute approximate surface area is 81.5 Å². The second-order valence-corrected chi connectivity index (χ2v) is 3.44. The first-order chi connectivity index (χ1) is 6.02. The number of hydrogen-bond acceptors (Lipinski definition) is 0. The second kappa shape index (κ2) is 4.42. The van der Waals surface area contributed by atoms with E-state index in [-0.39, 0.29) is 0 Å². The first kappa shape index (κ1) is 13.6. The largest absolute Gasteiger partial charge is 0.412 e. The van der Waals surface area contributed by atoms with E-state index in [0.717, 1.165) is 0 Å². The fourth-order valence-electron chi connectivity index (χ4n) is 0.757. The SMILES string of the molecule is CC(Cl)CC(=CC(F)(F)F)C(F)(F)F. The number of allylic oxidation sites excluding steroid dienone is 2. The lowest BCUT2D eigenvalue weighted by Gasteiger charge is -2.13. The third kappa shape index (κ3) is 6.12. The van der Waals surface area contributed by atoms with E-state index in [2.05, 4.69) is 0 Å². The van der Waals surface area contributed by atoms with Gasteiger partial charge in [-0.3, -0.25) is 0 Å². The van der Waals surface area contributed by atoms with E-state index in [0.29, 0.717) is 0 Å². The molecule has 1 unspecified atom stereocenters. The standard InChI is InChI=1S/C7H7ClF6/c1-4(8)2-5(7(12,13)14)3-6(9,10)11/h3-4H,2H2,1H3. The Balaban J connectivity index is 4.83. The molecule has 0 bridgehead atoms. The Bertz CT molecular complexity index is 211. The molecular weight excluding hydrogens is 234 g/mol. The fourth-order valence-corrected chi connectivity index (χ4v) is 0.923. The molecule has 0 aliphatic rings. The molecule has 14 heavy (non-hydrogen) atoms. The van der Waals surface area contributed by atoms with Crippen LogP contribution in [0.2, 0.25) is 0 Å². The van der Waals surface area contributed by atoms with Crippen molar-refractivity contribution < 1.29 is 26.3 Å². The highest BCUT2D eigenvalue weighted by Gasteiger charge is 2.38. The van der Waals surface area contributed by atoms with Gasteiger partial charge in [0.15, 0.2) is 0 Å². The van der Waals surface area contributed by atoms with Gasteiger partial charge in [-0.25, -0.2) is 0 Å². The van der Waals surface area contributed by atoms with Gasteiger partial charge in [-0.2, -0.15) is 26.3 Å². The maximum Gasteiger partial charge on any atom is 0.412 e. The summed E-state index contributed by atoms with van der Waals surface area (Å²) in [6.07, 6.45) is -11.6. The Hall–Kier alpha value is -0.390. The van der Waals surface area contributed by atoms with E-state index in [1.165, 1.54) is 6.92 Å². The molecular formula is C7H7ClF6. The summed E-state index contributed by atoms with van der Waals surface area (Å²) in [5.74, 6) is 0. The van der Waals surface area contributed by atoms with Gasteiger partial charge >= 0.3 is 12.4 Å². The lowest BCUT2D eigenvalue weighted by atomic mass is 10.1. The van der Waals surface area contributed by atoms with E-state index >= 15 is 0 Å². The zero-order chi connectivity index (χ0) is 11.6. The first-order valence-electron chi connectivity index (χ1n) is 3.52. The molecule has 0 fully saturated rings. The molecule has 7 heteroatoms. The minimum absolute atomic E-state index is 0.758. The van der Waals surface area contributed by atoms with Crippen LogP contribution in [0.3, 0.4) is 0 Å². The lowest BCUT2D eigenvalue weighted by Crippen LogP contribution is -2.18. The van der Waals surface area contributed by atoms with Gasteiger partial charge in [0, 0.05) is 17.0 Å². The van der Waals surface area contributed by atoms with Gasteiger partial charge in [0.2, 0.25) is 0 Å². The predicted octanol–water partition coefficient (Wildman–Crippen LogP) is 4.05. The van der Waals surface area contributed by atoms with Crippen LogP contribution in [0.15, 0.2) is 11.6 Å². The molecule has 0 rings (SSSR count). The van der Waals surface area contributed by atoms with Crippen LogP contribution < -0.4 is 0 Å². The molecule has 84 valence electrons. The molecule has 0 aliphatic heterocycles. The van der Waals surface area contributed by atoms with Crippen LogP contribution in [0, 0.1) is 0 Å². The van der Waals surface area contributed by atoms with E-state index < -0.39 is 35.8 Å². The molecule has 0 aromatic heterocycles. The third-order valence-electron chi connectivity index (χ3n) is 1.20. The van der Waals surface area contributed by atoms with Crippen LogP contribution in [-0.4, -0.2) is 17.7 Å². The van der Waals surface area contributed by atoms with Crippen molar-refractivity contribution >= 4 is 11.6 Å². The smallest absolute Gasteiger partial charge is 0.167 e. The molecule has 1 atom stereocenters. The molecule has 0 nitrogen and oxygen atoms in total. The van der Waals surface area contributed by atoms with Crippen molar-refractivity contribution in [2.75, 3.05) is 0 Å². The Morgan fingerprint density at radius 2 is 1.64 bits per heavy atom. The van der Waals surface area contributed by atoms with Crippen LogP contribution >= 0.6 is 11.6 Å². The number of rotatable bonds is 2. The maximum atomic E-state index is 12.0. The molecule has 0 aromatic carbocycles. The summed E-state index contributed by atoms with van der Waals surface area (Å²) in [7, 11) is 0. The Morgan fingerprint density at radius 3 is 1.86 bits per heavy atom. The topological polar surface area (TPSA) is 0 Å². The highest BCUT2D eigenvalue weighted by atomic mass is 35.5. The van der Waals surface area contributed by atoms with E-state index in [4.69, 9.17) is 11.6 Å². The third-order valence-corrected chi connectivity index (χ3v) is 1.36. The zero-order valence-corrected chi connectivity index (χ0v) is 7.76. The average Bonchev–Trinajstić information content (AvgIpc) is 1.78. The lowest BCUT2D eigenvalue weighted by molar-refractivity contribution is -0.109. The summed E-state index contributed by atoms with van der Waals surface area (Å²) >= 11 is 5.20. The van der Waals surface area contributed by atoms with Crippen LogP contribution in [0.4, 0.5) is 26.3 Å². The van der Waals surface area contributed by atoms with Gasteiger partial charge in [0.1, 0.15) is 0 Å². The van der Waals surface area contributed by atoms with Gasteiger partial charge in [-0.1, -0.05) is 0 Å². The van der Waals surface area contributed by atoms with E-state index in [9.17, 15) is 26.3 Å². The van der Waals surface area contributed by atoms with Crippen molar-refractivity contribution in [3.05, 3.63) is 11.6 Å². The molecule has 0 amide bonds. The summed E-state index contributed by atoms with van der Waals surface area (Å²) in [5, 5.41) is -0.995. The summed E-state index contributed by atoms with van der Waals surface area (Å²) in [5.41, 5.74) is -1.66. The summed E-state index contributed by atoms with van der Waals surface area (Å²) in [6, 6.07) is 0. The van der Waals surface area contributed by atoms with Gasteiger partial charge in [-0.15, -0.1) is 11.6 Å². The number of hydrogen-bond donors (Lipinski definition) is 0. The van der Waals surface area contributed by atoms with Crippen molar-refractivity contribution in [2.24, 2.45) is 0 Å². The van der Waals surface area contributed by atoms with Gasteiger partial charge in [-0.05, 0) is 13.3 Å². The van der Waals surface area contributed by atoms with Gasteiger partial charge in [0.05, 0.1) is 0 Å². The molecule has 0 saturated heterocycles. The molecule has 0 heterocycles. The average molecular weight is 241 g/mol. The van der Waals surface area contributed by atoms with Crippen molar-refractivity contribution in [3.63, 3.8) is 0 Å². The first-order valence-corrected chi connectivity index (χ1v) is 3.96.